The number of hydrogen-bond acceptors (Lipinski definition) is 5. The molecule has 0 aromatic carbocycles. The molecule has 0 aliphatic carbocycles. The second kappa shape index (κ2) is 12.9. The molecule has 0 aromatic rings. The molecule has 0 saturated heterocycles. The second-order valence-electron chi connectivity index (χ2n) is 2.79. The van der Waals surface area contributed by atoms with Crippen molar-refractivity contribution in [3.8, 4) is 0 Å². The lowest BCUT2D eigenvalue weighted by Crippen LogP contribution is -1.98. The largest absolute Gasteiger partial charge is 0.481 e. The molecule has 0 spiro atoms. The number of carboxylic acid groups (broad SMARTS) is 1. The van der Waals surface area contributed by atoms with E-state index < -0.39 is 11.9 Å². The molecule has 3 N–H and O–H groups in total. The van der Waals surface area contributed by atoms with Gasteiger partial charge in [-0.2, -0.15) is 5.26 Å². The molecule has 6 nitrogen and oxygen atoms in total. The zero-order valence-corrected chi connectivity index (χ0v) is 8.81. The van der Waals surface area contributed by atoms with Gasteiger partial charge >= 0.3 is 11.9 Å². The molecule has 90 valence electrons. The third-order valence-corrected chi connectivity index (χ3v) is 1.39. The number of carboxylic acids is 1. The monoisotopic (exact) mass is 222 g/mol. The van der Waals surface area contributed by atoms with Gasteiger partial charge in [0, 0.05) is 19.4 Å². The summed E-state index contributed by atoms with van der Waals surface area (Å²) in [4.78, 5) is 23.2. The average Bonchev–Trinajstić information content (AvgIpc) is 2.23. The van der Waals surface area contributed by atoms with Crippen LogP contribution >= 0.6 is 0 Å². The first-order valence-corrected chi connectivity index (χ1v) is 4.75. The Kier molecular flexibility index (Phi) is 14.0. The molecule has 6 heteroatoms. The number of rotatable bonds is 6. The highest BCUT2D eigenvalue weighted by atomic mass is 17.1. The van der Waals surface area contributed by atoms with Crippen molar-refractivity contribution in [1.29, 1.82) is 0 Å². The van der Waals surface area contributed by atoms with Crippen LogP contribution in [0.15, 0.2) is 0 Å². The standard InChI is InChI=1S/C5H10O3.C4H8O3/c1-2-3-4-5(6)8-7;5-3-1-2-4(6)7/h7H,2-4H2,1H3;5H,1-3H2,(H,6,7). The van der Waals surface area contributed by atoms with E-state index >= 15 is 0 Å². The predicted molar refractivity (Wildman–Crippen MR) is 52.2 cm³/mol. The number of aliphatic carboxylic acids is 1. The number of carbonyl (C=O) groups excluding carboxylic acids is 1. The van der Waals surface area contributed by atoms with Gasteiger partial charge in [0.05, 0.1) is 0 Å². The summed E-state index contributed by atoms with van der Waals surface area (Å²) in [6.07, 6.45) is 2.45. The van der Waals surface area contributed by atoms with E-state index in [-0.39, 0.29) is 13.0 Å². The van der Waals surface area contributed by atoms with E-state index in [1.54, 1.807) is 0 Å². The van der Waals surface area contributed by atoms with E-state index in [0.717, 1.165) is 12.8 Å². The summed E-state index contributed by atoms with van der Waals surface area (Å²) in [5.41, 5.74) is 0. The molecule has 0 saturated carbocycles. The number of unbranched alkanes of at least 4 members (excludes halogenated alkanes) is 1. The quantitative estimate of drug-likeness (QED) is 0.458. The third-order valence-electron chi connectivity index (χ3n) is 1.39. The van der Waals surface area contributed by atoms with Crippen molar-refractivity contribution in [2.75, 3.05) is 6.61 Å². The van der Waals surface area contributed by atoms with Crippen LogP contribution in [0.25, 0.3) is 0 Å². The molecular weight excluding hydrogens is 204 g/mol. The van der Waals surface area contributed by atoms with Gasteiger partial charge in [-0.1, -0.05) is 13.3 Å². The minimum Gasteiger partial charge on any atom is -0.481 e. The average molecular weight is 222 g/mol. The minimum absolute atomic E-state index is 0.0354. The topological polar surface area (TPSA) is 104 Å². The molecule has 0 aromatic heterocycles. The predicted octanol–water partition coefficient (Wildman–Crippen LogP) is 1.04. The highest BCUT2D eigenvalue weighted by Gasteiger charge is 1.97. The molecule has 0 rings (SSSR count). The molecule has 0 unspecified atom stereocenters. The van der Waals surface area contributed by atoms with Crippen molar-refractivity contribution >= 4 is 11.9 Å². The number of aliphatic hydroxyl groups is 1. The fourth-order valence-corrected chi connectivity index (χ4v) is 0.597. The van der Waals surface area contributed by atoms with Gasteiger partial charge in [0.25, 0.3) is 0 Å². The van der Waals surface area contributed by atoms with Gasteiger partial charge in [0.2, 0.25) is 0 Å². The van der Waals surface area contributed by atoms with Crippen LogP contribution in [0.5, 0.6) is 0 Å². The Balaban J connectivity index is 0. The van der Waals surface area contributed by atoms with Crippen molar-refractivity contribution in [3.63, 3.8) is 0 Å². The maximum atomic E-state index is 10.1. The normalized spacial score (nSPS) is 8.73. The van der Waals surface area contributed by atoms with Gasteiger partial charge in [-0.05, 0) is 12.8 Å². The van der Waals surface area contributed by atoms with Crippen molar-refractivity contribution in [1.82, 2.24) is 0 Å². The zero-order valence-electron chi connectivity index (χ0n) is 8.81. The van der Waals surface area contributed by atoms with Crippen LogP contribution in [0, 0.1) is 0 Å². The molecular formula is C9H18O6. The molecule has 0 aliphatic heterocycles. The number of aliphatic hydroxyl groups excluding tert-OH is 1. The lowest BCUT2D eigenvalue weighted by Gasteiger charge is -1.90. The Morgan fingerprint density at radius 3 is 2.07 bits per heavy atom. The summed E-state index contributed by atoms with van der Waals surface area (Å²) in [6.45, 7) is 1.93. The van der Waals surface area contributed by atoms with Crippen LogP contribution in [-0.2, 0) is 14.5 Å². The van der Waals surface area contributed by atoms with E-state index in [4.69, 9.17) is 15.5 Å². The lowest BCUT2D eigenvalue weighted by molar-refractivity contribution is -0.234. The van der Waals surface area contributed by atoms with Gasteiger partial charge in [0.15, 0.2) is 0 Å². The smallest absolute Gasteiger partial charge is 0.342 e. The highest BCUT2D eigenvalue weighted by molar-refractivity contribution is 5.68. The summed E-state index contributed by atoms with van der Waals surface area (Å²) in [5, 5.41) is 23.7. The van der Waals surface area contributed by atoms with Crippen LogP contribution in [0.1, 0.15) is 39.0 Å². The Labute approximate surface area is 88.4 Å². The van der Waals surface area contributed by atoms with Crippen LogP contribution in [0.3, 0.4) is 0 Å². The summed E-state index contributed by atoms with van der Waals surface area (Å²) < 4.78 is 0. The molecule has 0 fully saturated rings. The summed E-state index contributed by atoms with van der Waals surface area (Å²) in [5.74, 6) is -1.40. The lowest BCUT2D eigenvalue weighted by atomic mass is 10.3. The first-order chi connectivity index (χ1) is 7.08. The maximum absolute atomic E-state index is 10.1. The molecule has 0 amide bonds. The minimum atomic E-state index is -0.853. The first kappa shape index (κ1) is 16.3. The Morgan fingerprint density at radius 2 is 1.80 bits per heavy atom. The fraction of sp³-hybridized carbons (Fsp3) is 0.778. The van der Waals surface area contributed by atoms with E-state index in [9.17, 15) is 9.59 Å². The number of carbonyl (C=O) groups is 2. The Bertz CT molecular complexity index is 168. The van der Waals surface area contributed by atoms with Crippen LogP contribution in [0.4, 0.5) is 0 Å². The summed E-state index contributed by atoms with van der Waals surface area (Å²) >= 11 is 0. The van der Waals surface area contributed by atoms with E-state index in [2.05, 4.69) is 4.89 Å². The molecule has 0 radical (unpaired) electrons. The Hall–Kier alpha value is -1.14. The third kappa shape index (κ3) is 19.3. The molecule has 0 bridgehead atoms. The fourth-order valence-electron chi connectivity index (χ4n) is 0.597. The van der Waals surface area contributed by atoms with Crippen LogP contribution < -0.4 is 0 Å². The zero-order chi connectivity index (χ0) is 12.1. The molecule has 0 heterocycles. The van der Waals surface area contributed by atoms with Gasteiger partial charge in [-0.15, -0.1) is 0 Å². The van der Waals surface area contributed by atoms with Crippen molar-refractivity contribution in [2.24, 2.45) is 0 Å². The van der Waals surface area contributed by atoms with Gasteiger partial charge in [-0.25, -0.2) is 4.79 Å². The van der Waals surface area contributed by atoms with E-state index in [1.165, 1.54) is 0 Å². The van der Waals surface area contributed by atoms with Gasteiger partial charge < -0.3 is 15.1 Å². The van der Waals surface area contributed by atoms with Gasteiger partial charge in [-0.3, -0.25) is 4.79 Å². The highest BCUT2D eigenvalue weighted by Crippen LogP contribution is 1.93. The molecule has 15 heavy (non-hydrogen) atoms. The summed E-state index contributed by atoms with van der Waals surface area (Å²) in [6, 6.07) is 0. The van der Waals surface area contributed by atoms with Gasteiger partial charge in [0.1, 0.15) is 0 Å². The van der Waals surface area contributed by atoms with Crippen LogP contribution in [0.2, 0.25) is 0 Å². The van der Waals surface area contributed by atoms with Crippen molar-refractivity contribution in [2.45, 2.75) is 39.0 Å². The van der Waals surface area contributed by atoms with Crippen molar-refractivity contribution < 1.29 is 29.9 Å². The Morgan fingerprint density at radius 1 is 1.20 bits per heavy atom. The van der Waals surface area contributed by atoms with E-state index in [1.807, 2.05) is 6.92 Å². The second-order valence-corrected chi connectivity index (χ2v) is 2.79. The van der Waals surface area contributed by atoms with E-state index in [0.29, 0.717) is 12.8 Å². The SMILES string of the molecule is CCCCC(=O)OO.O=C(O)CCCO. The van der Waals surface area contributed by atoms with Crippen molar-refractivity contribution in [3.05, 3.63) is 0 Å². The molecule has 0 aliphatic rings. The molecule has 0 atom stereocenters. The number of hydrogen-bond donors (Lipinski definition) is 3. The maximum Gasteiger partial charge on any atom is 0.342 e. The van der Waals surface area contributed by atoms with Crippen LogP contribution in [-0.4, -0.2) is 34.0 Å². The first-order valence-electron chi connectivity index (χ1n) is 4.75. The summed E-state index contributed by atoms with van der Waals surface area (Å²) in [7, 11) is 0.